The van der Waals surface area contributed by atoms with Crippen molar-refractivity contribution < 1.29 is 4.74 Å². The molecule has 1 fully saturated rings. The second-order valence-electron chi connectivity index (χ2n) is 5.75. The van der Waals surface area contributed by atoms with Gasteiger partial charge in [-0.25, -0.2) is 0 Å². The second-order valence-corrected chi connectivity index (χ2v) is 5.75. The van der Waals surface area contributed by atoms with Crippen LogP contribution in [-0.4, -0.2) is 18.8 Å². The molecule has 1 aromatic carbocycles. The average Bonchev–Trinajstić information content (AvgIpc) is 2.87. The maximum atomic E-state index is 6.07. The van der Waals surface area contributed by atoms with E-state index in [2.05, 4.69) is 50.4 Å². The molecular weight excluding hydrogens is 234 g/mol. The Labute approximate surface area is 117 Å². The topological polar surface area (TPSA) is 21.3 Å². The fourth-order valence-corrected chi connectivity index (χ4v) is 3.00. The fraction of sp³-hybridized carbons (Fsp3) is 0.647. The van der Waals surface area contributed by atoms with Crippen molar-refractivity contribution in [2.45, 2.75) is 58.1 Å². The van der Waals surface area contributed by atoms with Gasteiger partial charge in [-0.1, -0.05) is 38.1 Å². The molecule has 0 aromatic heterocycles. The van der Waals surface area contributed by atoms with E-state index < -0.39 is 0 Å². The molecule has 0 bridgehead atoms. The smallest absolute Gasteiger partial charge is 0.0849 e. The van der Waals surface area contributed by atoms with Gasteiger partial charge >= 0.3 is 0 Å². The average molecular weight is 261 g/mol. The van der Waals surface area contributed by atoms with E-state index in [1.165, 1.54) is 17.5 Å². The lowest BCUT2D eigenvalue weighted by molar-refractivity contribution is -0.0124. The van der Waals surface area contributed by atoms with Gasteiger partial charge in [-0.2, -0.15) is 0 Å². The molecule has 2 nitrogen and oxygen atoms in total. The molecule has 1 saturated heterocycles. The number of ether oxygens (including phenoxy) is 1. The molecule has 1 aliphatic rings. The van der Waals surface area contributed by atoms with Crippen LogP contribution in [0.1, 0.15) is 57.2 Å². The van der Waals surface area contributed by atoms with Gasteiger partial charge in [0.2, 0.25) is 0 Å². The predicted octanol–water partition coefficient (Wildman–Crippen LogP) is 3.86. The number of hydrogen-bond donors (Lipinski definition) is 1. The molecule has 2 unspecified atom stereocenters. The standard InChI is InChI=1S/C17H27NO/c1-4-11-18-16(17(3)10-7-12-19-17)15-9-6-8-14(5-2)13-15/h6,8-9,13,16,18H,4-5,7,10-12H2,1-3H3. The van der Waals surface area contributed by atoms with Crippen molar-refractivity contribution >= 4 is 0 Å². The van der Waals surface area contributed by atoms with E-state index in [0.717, 1.165) is 32.4 Å². The summed E-state index contributed by atoms with van der Waals surface area (Å²) >= 11 is 0. The van der Waals surface area contributed by atoms with E-state index in [4.69, 9.17) is 4.74 Å². The molecule has 2 heteroatoms. The molecule has 1 aromatic rings. The molecule has 1 heterocycles. The van der Waals surface area contributed by atoms with Crippen LogP contribution in [0, 0.1) is 0 Å². The number of rotatable bonds is 6. The molecule has 1 aliphatic heterocycles. The maximum Gasteiger partial charge on any atom is 0.0849 e. The van der Waals surface area contributed by atoms with E-state index >= 15 is 0 Å². The van der Waals surface area contributed by atoms with Gasteiger partial charge in [-0.15, -0.1) is 0 Å². The zero-order valence-electron chi connectivity index (χ0n) is 12.5. The SMILES string of the molecule is CCCNC(c1cccc(CC)c1)C1(C)CCCO1. The van der Waals surface area contributed by atoms with Crippen molar-refractivity contribution in [1.29, 1.82) is 0 Å². The van der Waals surface area contributed by atoms with Crippen molar-refractivity contribution in [3.05, 3.63) is 35.4 Å². The minimum absolute atomic E-state index is 0.0540. The first-order valence-corrected chi connectivity index (χ1v) is 7.66. The summed E-state index contributed by atoms with van der Waals surface area (Å²) in [5.74, 6) is 0. The van der Waals surface area contributed by atoms with Gasteiger partial charge < -0.3 is 10.1 Å². The van der Waals surface area contributed by atoms with Gasteiger partial charge in [0.1, 0.15) is 0 Å². The normalized spacial score (nSPS) is 24.6. The van der Waals surface area contributed by atoms with Gasteiger partial charge in [-0.05, 0) is 50.3 Å². The van der Waals surface area contributed by atoms with Gasteiger partial charge in [-0.3, -0.25) is 0 Å². The van der Waals surface area contributed by atoms with Crippen LogP contribution in [0.5, 0.6) is 0 Å². The molecule has 0 amide bonds. The van der Waals surface area contributed by atoms with Gasteiger partial charge in [0.15, 0.2) is 0 Å². The quantitative estimate of drug-likeness (QED) is 0.839. The molecule has 19 heavy (non-hydrogen) atoms. The zero-order chi connectivity index (χ0) is 13.7. The Morgan fingerprint density at radius 3 is 2.84 bits per heavy atom. The van der Waals surface area contributed by atoms with Crippen molar-refractivity contribution in [1.82, 2.24) is 5.32 Å². The zero-order valence-corrected chi connectivity index (χ0v) is 12.5. The summed E-state index contributed by atoms with van der Waals surface area (Å²) in [6.07, 6.45) is 4.56. The minimum Gasteiger partial charge on any atom is -0.373 e. The summed E-state index contributed by atoms with van der Waals surface area (Å²) < 4.78 is 6.07. The molecule has 2 rings (SSSR count). The van der Waals surface area contributed by atoms with Gasteiger partial charge in [0.25, 0.3) is 0 Å². The summed E-state index contributed by atoms with van der Waals surface area (Å²) in [7, 11) is 0. The molecule has 0 saturated carbocycles. The lowest BCUT2D eigenvalue weighted by Crippen LogP contribution is -2.41. The van der Waals surface area contributed by atoms with Gasteiger partial charge in [0.05, 0.1) is 11.6 Å². The number of nitrogens with one attached hydrogen (secondary N) is 1. The number of hydrogen-bond acceptors (Lipinski definition) is 2. The first kappa shape index (κ1) is 14.5. The summed E-state index contributed by atoms with van der Waals surface area (Å²) in [5.41, 5.74) is 2.72. The van der Waals surface area contributed by atoms with E-state index in [9.17, 15) is 0 Å². The highest BCUT2D eigenvalue weighted by Crippen LogP contribution is 2.37. The van der Waals surface area contributed by atoms with Crippen LogP contribution in [0.15, 0.2) is 24.3 Å². The minimum atomic E-state index is -0.0540. The van der Waals surface area contributed by atoms with Crippen LogP contribution in [0.4, 0.5) is 0 Å². The molecule has 0 aliphatic carbocycles. The largest absolute Gasteiger partial charge is 0.373 e. The van der Waals surface area contributed by atoms with Crippen LogP contribution in [-0.2, 0) is 11.2 Å². The van der Waals surface area contributed by atoms with Crippen molar-refractivity contribution in [2.24, 2.45) is 0 Å². The molecular formula is C17H27NO. The Morgan fingerprint density at radius 2 is 2.21 bits per heavy atom. The van der Waals surface area contributed by atoms with Crippen molar-refractivity contribution in [3.63, 3.8) is 0 Å². The maximum absolute atomic E-state index is 6.07. The summed E-state index contributed by atoms with van der Waals surface area (Å²) in [5, 5.41) is 3.69. The van der Waals surface area contributed by atoms with E-state index in [1.807, 2.05) is 0 Å². The van der Waals surface area contributed by atoms with E-state index in [0.29, 0.717) is 6.04 Å². The summed E-state index contributed by atoms with van der Waals surface area (Å²) in [6, 6.07) is 9.26. The highest BCUT2D eigenvalue weighted by atomic mass is 16.5. The summed E-state index contributed by atoms with van der Waals surface area (Å²) in [4.78, 5) is 0. The molecule has 0 spiro atoms. The van der Waals surface area contributed by atoms with Gasteiger partial charge in [0, 0.05) is 6.61 Å². The van der Waals surface area contributed by atoms with E-state index in [-0.39, 0.29) is 5.60 Å². The molecule has 0 radical (unpaired) electrons. The molecule has 2 atom stereocenters. The highest BCUT2D eigenvalue weighted by Gasteiger charge is 2.38. The van der Waals surface area contributed by atoms with Crippen LogP contribution in [0.25, 0.3) is 0 Å². The first-order chi connectivity index (χ1) is 9.19. The van der Waals surface area contributed by atoms with Crippen molar-refractivity contribution in [3.8, 4) is 0 Å². The third-order valence-corrected chi connectivity index (χ3v) is 4.15. The van der Waals surface area contributed by atoms with Crippen LogP contribution >= 0.6 is 0 Å². The molecule has 106 valence electrons. The Morgan fingerprint density at radius 1 is 1.37 bits per heavy atom. The summed E-state index contributed by atoms with van der Waals surface area (Å²) in [6.45, 7) is 8.62. The third-order valence-electron chi connectivity index (χ3n) is 4.15. The Balaban J connectivity index is 2.25. The predicted molar refractivity (Wildman–Crippen MR) is 80.4 cm³/mol. The monoisotopic (exact) mass is 261 g/mol. The molecule has 1 N–H and O–H groups in total. The highest BCUT2D eigenvalue weighted by molar-refractivity contribution is 5.28. The number of benzene rings is 1. The van der Waals surface area contributed by atoms with Crippen LogP contribution < -0.4 is 5.32 Å². The lowest BCUT2D eigenvalue weighted by atomic mass is 9.87. The van der Waals surface area contributed by atoms with Crippen molar-refractivity contribution in [2.75, 3.05) is 13.2 Å². The lowest BCUT2D eigenvalue weighted by Gasteiger charge is -2.34. The third kappa shape index (κ3) is 3.37. The Kier molecular flexibility index (Phi) is 5.00. The fourth-order valence-electron chi connectivity index (χ4n) is 3.00. The Bertz CT molecular complexity index is 396. The van der Waals surface area contributed by atoms with E-state index in [1.54, 1.807) is 0 Å². The number of aryl methyl sites for hydroxylation is 1. The van der Waals surface area contributed by atoms with Crippen LogP contribution in [0.3, 0.4) is 0 Å². The second kappa shape index (κ2) is 6.53. The Hall–Kier alpha value is -0.860. The first-order valence-electron chi connectivity index (χ1n) is 7.66. The van der Waals surface area contributed by atoms with Crippen LogP contribution in [0.2, 0.25) is 0 Å².